The Labute approximate surface area is 180 Å². The molecular weight excluding hydrogens is 415 g/mol. The molecule has 0 fully saturated rings. The van der Waals surface area contributed by atoms with E-state index in [0.717, 1.165) is 4.90 Å². The number of hydrogen-bond acceptors (Lipinski definition) is 3. The molecule has 0 bridgehead atoms. The maximum atomic E-state index is 12.5. The van der Waals surface area contributed by atoms with Gasteiger partial charge in [0.1, 0.15) is 0 Å². The van der Waals surface area contributed by atoms with Gasteiger partial charge in [0.25, 0.3) is 0 Å². The van der Waals surface area contributed by atoms with Crippen molar-refractivity contribution in [3.63, 3.8) is 0 Å². The predicted molar refractivity (Wildman–Crippen MR) is 120 cm³/mol. The molecule has 0 aliphatic rings. The average molecular weight is 439 g/mol. The highest BCUT2D eigenvalue weighted by atomic mass is 35.5. The van der Waals surface area contributed by atoms with E-state index < -0.39 is 0 Å². The van der Waals surface area contributed by atoms with E-state index in [1.165, 1.54) is 11.8 Å². The van der Waals surface area contributed by atoms with Gasteiger partial charge in [0.2, 0.25) is 11.8 Å². The zero-order chi connectivity index (χ0) is 20.9. The largest absolute Gasteiger partial charge is 0.326 e. The van der Waals surface area contributed by atoms with Crippen LogP contribution in [0.1, 0.15) is 34.1 Å². The highest BCUT2D eigenvalue weighted by Gasteiger charge is 2.18. The molecule has 0 heterocycles. The summed E-state index contributed by atoms with van der Waals surface area (Å²) in [4.78, 5) is 25.5. The first-order valence-electron chi connectivity index (χ1n) is 8.86. The summed E-state index contributed by atoms with van der Waals surface area (Å²) in [7, 11) is 0. The topological polar surface area (TPSA) is 58.2 Å². The number of rotatable bonds is 6. The zero-order valence-electron chi connectivity index (χ0n) is 16.3. The Kier molecular flexibility index (Phi) is 7.81. The van der Waals surface area contributed by atoms with Gasteiger partial charge in [-0.05, 0) is 48.7 Å². The first-order chi connectivity index (χ1) is 13.0. The van der Waals surface area contributed by atoms with Gasteiger partial charge < -0.3 is 10.6 Å². The minimum absolute atomic E-state index is 0.0314. The van der Waals surface area contributed by atoms with Crippen molar-refractivity contribution in [1.29, 1.82) is 0 Å². The van der Waals surface area contributed by atoms with Crippen LogP contribution >= 0.6 is 35.0 Å². The number of hydrogen-bond donors (Lipinski definition) is 2. The van der Waals surface area contributed by atoms with Crippen molar-refractivity contribution < 1.29 is 9.59 Å². The standard InChI is InChI=1S/C21H24Cl2N2O2S/c1-13(20(27)25-18-10-14(22)8-9-17(18)23)28-16-7-5-6-15(11-16)24-19(26)12-21(2,3)4/h5-11,13H,12H2,1-4H3,(H,24,26)(H,25,27). The third-order valence-corrected chi connectivity index (χ3v) is 5.34. The molecule has 0 radical (unpaired) electrons. The molecule has 0 aromatic heterocycles. The number of carbonyl (C=O) groups excluding carboxylic acids is 2. The molecule has 0 saturated heterocycles. The Balaban J connectivity index is 1.99. The molecule has 2 aromatic carbocycles. The number of carbonyl (C=O) groups is 2. The molecule has 1 unspecified atom stereocenters. The van der Waals surface area contributed by atoms with Crippen molar-refractivity contribution in [3.05, 3.63) is 52.5 Å². The second-order valence-corrected chi connectivity index (χ2v) is 9.94. The van der Waals surface area contributed by atoms with E-state index in [1.54, 1.807) is 18.2 Å². The first kappa shape index (κ1) is 22.6. The molecule has 2 aromatic rings. The Morgan fingerprint density at radius 2 is 1.79 bits per heavy atom. The summed E-state index contributed by atoms with van der Waals surface area (Å²) in [6, 6.07) is 12.4. The van der Waals surface area contributed by atoms with Crippen LogP contribution in [-0.4, -0.2) is 17.1 Å². The maximum Gasteiger partial charge on any atom is 0.237 e. The molecule has 0 spiro atoms. The van der Waals surface area contributed by atoms with Crippen LogP contribution in [-0.2, 0) is 9.59 Å². The van der Waals surface area contributed by atoms with Crippen molar-refractivity contribution in [2.24, 2.45) is 5.41 Å². The molecule has 2 N–H and O–H groups in total. The highest BCUT2D eigenvalue weighted by molar-refractivity contribution is 8.00. The maximum absolute atomic E-state index is 12.5. The Morgan fingerprint density at radius 3 is 2.46 bits per heavy atom. The number of thioether (sulfide) groups is 1. The van der Waals surface area contributed by atoms with Crippen LogP contribution < -0.4 is 10.6 Å². The number of halogens is 2. The first-order valence-corrected chi connectivity index (χ1v) is 10.5. The van der Waals surface area contributed by atoms with Crippen molar-refractivity contribution in [3.8, 4) is 0 Å². The minimum Gasteiger partial charge on any atom is -0.326 e. The van der Waals surface area contributed by atoms with Crippen LogP contribution in [0.2, 0.25) is 10.0 Å². The van der Waals surface area contributed by atoms with Crippen LogP contribution in [0.15, 0.2) is 47.4 Å². The predicted octanol–water partition coefficient (Wildman–Crippen LogP) is 6.49. The normalized spacial score (nSPS) is 12.4. The molecule has 2 rings (SSSR count). The average Bonchev–Trinajstić information content (AvgIpc) is 2.56. The number of anilines is 2. The van der Waals surface area contributed by atoms with Crippen LogP contribution in [0, 0.1) is 5.41 Å². The monoisotopic (exact) mass is 438 g/mol. The minimum atomic E-state index is -0.365. The Morgan fingerprint density at radius 1 is 1.07 bits per heavy atom. The molecule has 7 heteroatoms. The lowest BCUT2D eigenvalue weighted by atomic mass is 9.92. The Hall–Kier alpha value is -1.69. The number of nitrogens with one attached hydrogen (secondary N) is 2. The van der Waals surface area contributed by atoms with E-state index in [2.05, 4.69) is 10.6 Å². The van der Waals surface area contributed by atoms with E-state index in [9.17, 15) is 9.59 Å². The van der Waals surface area contributed by atoms with Crippen molar-refractivity contribution >= 4 is 58.2 Å². The molecule has 0 saturated carbocycles. The molecule has 1 atom stereocenters. The second-order valence-electron chi connectivity index (χ2n) is 7.69. The fraction of sp³-hybridized carbons (Fsp3) is 0.333. The van der Waals surface area contributed by atoms with Gasteiger partial charge in [-0.3, -0.25) is 9.59 Å². The van der Waals surface area contributed by atoms with Gasteiger partial charge in [0, 0.05) is 22.0 Å². The third-order valence-electron chi connectivity index (χ3n) is 3.68. The van der Waals surface area contributed by atoms with Crippen LogP contribution in [0.3, 0.4) is 0 Å². The van der Waals surface area contributed by atoms with E-state index in [0.29, 0.717) is 27.8 Å². The summed E-state index contributed by atoms with van der Waals surface area (Å²) < 4.78 is 0. The van der Waals surface area contributed by atoms with E-state index in [1.807, 2.05) is 52.0 Å². The molecular formula is C21H24Cl2N2O2S. The fourth-order valence-corrected chi connectivity index (χ4v) is 3.68. The zero-order valence-corrected chi connectivity index (χ0v) is 18.6. The number of benzene rings is 2. The lowest BCUT2D eigenvalue weighted by Gasteiger charge is -2.17. The van der Waals surface area contributed by atoms with Crippen molar-refractivity contribution in [2.45, 2.75) is 44.3 Å². The molecule has 4 nitrogen and oxygen atoms in total. The summed E-state index contributed by atoms with van der Waals surface area (Å²) >= 11 is 13.5. The summed E-state index contributed by atoms with van der Waals surface area (Å²) in [5.41, 5.74) is 1.12. The summed E-state index contributed by atoms with van der Waals surface area (Å²) in [6.07, 6.45) is 0.434. The van der Waals surface area contributed by atoms with Gasteiger partial charge in [-0.1, -0.05) is 50.0 Å². The van der Waals surface area contributed by atoms with Crippen LogP contribution in [0.5, 0.6) is 0 Å². The van der Waals surface area contributed by atoms with Crippen LogP contribution in [0.4, 0.5) is 11.4 Å². The van der Waals surface area contributed by atoms with Gasteiger partial charge in [0.15, 0.2) is 0 Å². The van der Waals surface area contributed by atoms with Gasteiger partial charge in [-0.15, -0.1) is 11.8 Å². The highest BCUT2D eigenvalue weighted by Crippen LogP contribution is 2.29. The molecule has 0 aliphatic carbocycles. The number of amides is 2. The molecule has 150 valence electrons. The lowest BCUT2D eigenvalue weighted by molar-refractivity contribution is -0.118. The summed E-state index contributed by atoms with van der Waals surface area (Å²) in [5, 5.41) is 6.27. The quantitative estimate of drug-likeness (QED) is 0.506. The SMILES string of the molecule is CC(Sc1cccc(NC(=O)CC(C)(C)C)c1)C(=O)Nc1cc(Cl)ccc1Cl. The molecule has 0 aliphatic heterocycles. The van der Waals surface area contributed by atoms with E-state index >= 15 is 0 Å². The smallest absolute Gasteiger partial charge is 0.237 e. The molecule has 28 heavy (non-hydrogen) atoms. The third kappa shape index (κ3) is 7.38. The summed E-state index contributed by atoms with van der Waals surface area (Å²) in [6.45, 7) is 7.87. The fourth-order valence-electron chi connectivity index (χ4n) is 2.42. The van der Waals surface area contributed by atoms with E-state index in [-0.39, 0.29) is 22.5 Å². The Bertz CT molecular complexity index is 866. The van der Waals surface area contributed by atoms with Gasteiger partial charge in [0.05, 0.1) is 16.0 Å². The van der Waals surface area contributed by atoms with Crippen molar-refractivity contribution in [1.82, 2.24) is 0 Å². The van der Waals surface area contributed by atoms with Gasteiger partial charge in [-0.2, -0.15) is 0 Å². The van der Waals surface area contributed by atoms with E-state index in [4.69, 9.17) is 23.2 Å². The van der Waals surface area contributed by atoms with Gasteiger partial charge >= 0.3 is 0 Å². The van der Waals surface area contributed by atoms with Gasteiger partial charge in [-0.25, -0.2) is 0 Å². The summed E-state index contributed by atoms with van der Waals surface area (Å²) in [5.74, 6) is -0.215. The van der Waals surface area contributed by atoms with Crippen LogP contribution in [0.25, 0.3) is 0 Å². The second kappa shape index (κ2) is 9.68. The lowest BCUT2D eigenvalue weighted by Crippen LogP contribution is -2.22. The molecule has 2 amide bonds. The van der Waals surface area contributed by atoms with Crippen molar-refractivity contribution in [2.75, 3.05) is 10.6 Å².